The first-order valence-electron chi connectivity index (χ1n) is 7.36. The highest BCUT2D eigenvalue weighted by Gasteiger charge is 2.10. The molecule has 0 aliphatic carbocycles. The topological polar surface area (TPSA) is 81.7 Å². The van der Waals surface area contributed by atoms with Crippen molar-refractivity contribution in [1.29, 1.82) is 0 Å². The highest BCUT2D eigenvalue weighted by molar-refractivity contribution is 6.30. The van der Waals surface area contributed by atoms with E-state index in [4.69, 9.17) is 16.3 Å². The van der Waals surface area contributed by atoms with E-state index in [0.717, 1.165) is 0 Å². The summed E-state index contributed by atoms with van der Waals surface area (Å²) >= 11 is 5.81. The highest BCUT2D eigenvalue weighted by atomic mass is 35.5. The third-order valence-electron chi connectivity index (χ3n) is 3.25. The number of rotatable bonds is 6. The highest BCUT2D eigenvalue weighted by Crippen LogP contribution is 2.10. The van der Waals surface area contributed by atoms with Crippen molar-refractivity contribution in [2.45, 2.75) is 6.61 Å². The van der Waals surface area contributed by atoms with Crippen LogP contribution in [0.5, 0.6) is 0 Å². The minimum atomic E-state index is -0.576. The lowest BCUT2D eigenvalue weighted by atomic mass is 10.1. The van der Waals surface area contributed by atoms with Crippen LogP contribution in [0.25, 0.3) is 0 Å². The number of nitrogens with one attached hydrogen (secondary N) is 1. The number of hydrogen-bond donors (Lipinski definition) is 1. The van der Waals surface area contributed by atoms with Crippen LogP contribution >= 0.6 is 11.6 Å². The predicted molar refractivity (Wildman–Crippen MR) is 91.4 cm³/mol. The van der Waals surface area contributed by atoms with Gasteiger partial charge in [-0.2, -0.15) is 0 Å². The molecule has 0 aliphatic heterocycles. The van der Waals surface area contributed by atoms with Crippen LogP contribution in [0.4, 0.5) is 0 Å². The van der Waals surface area contributed by atoms with Crippen molar-refractivity contribution in [2.75, 3.05) is 13.7 Å². The number of benzene rings is 2. The summed E-state index contributed by atoms with van der Waals surface area (Å²) in [6.07, 6.45) is 0. The van der Waals surface area contributed by atoms with Crippen molar-refractivity contribution < 1.29 is 23.9 Å². The van der Waals surface area contributed by atoms with Gasteiger partial charge in [0.25, 0.3) is 5.91 Å². The largest absolute Gasteiger partial charge is 0.465 e. The molecule has 0 unspecified atom stereocenters. The van der Waals surface area contributed by atoms with Crippen LogP contribution in [-0.4, -0.2) is 31.5 Å². The monoisotopic (exact) mass is 361 g/mol. The molecular formula is C18H16ClNO5. The number of carbonyl (C=O) groups is 3. The lowest BCUT2D eigenvalue weighted by Crippen LogP contribution is -2.30. The molecule has 0 spiro atoms. The molecule has 6 nitrogen and oxygen atoms in total. The van der Waals surface area contributed by atoms with Gasteiger partial charge in [0, 0.05) is 10.6 Å². The lowest BCUT2D eigenvalue weighted by molar-refractivity contribution is -0.143. The van der Waals surface area contributed by atoms with E-state index in [0.29, 0.717) is 21.7 Å². The first-order chi connectivity index (χ1) is 12.0. The molecule has 0 atom stereocenters. The van der Waals surface area contributed by atoms with Gasteiger partial charge < -0.3 is 14.8 Å². The maximum atomic E-state index is 11.9. The molecule has 2 aromatic rings. The van der Waals surface area contributed by atoms with Crippen molar-refractivity contribution in [3.05, 3.63) is 70.2 Å². The first-order valence-corrected chi connectivity index (χ1v) is 7.74. The number of carbonyl (C=O) groups excluding carboxylic acids is 3. The fraction of sp³-hybridized carbons (Fsp3) is 0.167. The smallest absolute Gasteiger partial charge is 0.337 e. The van der Waals surface area contributed by atoms with Crippen LogP contribution in [0.2, 0.25) is 5.02 Å². The zero-order chi connectivity index (χ0) is 18.2. The fourth-order valence-corrected chi connectivity index (χ4v) is 2.14. The van der Waals surface area contributed by atoms with Crippen LogP contribution in [0.1, 0.15) is 26.3 Å². The Kier molecular flexibility index (Phi) is 6.54. The van der Waals surface area contributed by atoms with Gasteiger partial charge in [-0.15, -0.1) is 0 Å². The maximum absolute atomic E-state index is 11.9. The van der Waals surface area contributed by atoms with Crippen molar-refractivity contribution in [1.82, 2.24) is 5.32 Å². The molecule has 1 N–H and O–H groups in total. The molecule has 130 valence electrons. The van der Waals surface area contributed by atoms with Crippen LogP contribution in [0.15, 0.2) is 48.5 Å². The molecule has 0 radical (unpaired) electrons. The number of halogens is 1. The summed E-state index contributed by atoms with van der Waals surface area (Å²) in [6, 6.07) is 12.9. The second kappa shape index (κ2) is 8.84. The van der Waals surface area contributed by atoms with Crippen molar-refractivity contribution in [3.63, 3.8) is 0 Å². The van der Waals surface area contributed by atoms with Gasteiger partial charge in [0.2, 0.25) is 0 Å². The van der Waals surface area contributed by atoms with Crippen LogP contribution in [-0.2, 0) is 20.9 Å². The minimum Gasteiger partial charge on any atom is -0.465 e. The number of hydrogen-bond acceptors (Lipinski definition) is 5. The number of esters is 2. The van der Waals surface area contributed by atoms with Gasteiger partial charge in [-0.25, -0.2) is 4.79 Å². The van der Waals surface area contributed by atoms with Crippen molar-refractivity contribution in [2.24, 2.45) is 0 Å². The molecule has 0 heterocycles. The Morgan fingerprint density at radius 3 is 2.40 bits per heavy atom. The Labute approximate surface area is 149 Å². The lowest BCUT2D eigenvalue weighted by Gasteiger charge is -2.07. The zero-order valence-electron chi connectivity index (χ0n) is 13.5. The van der Waals surface area contributed by atoms with Crippen LogP contribution < -0.4 is 5.32 Å². The van der Waals surface area contributed by atoms with Gasteiger partial charge in [0.15, 0.2) is 0 Å². The van der Waals surface area contributed by atoms with Gasteiger partial charge in [-0.05, 0) is 35.9 Å². The van der Waals surface area contributed by atoms with E-state index < -0.39 is 17.8 Å². The number of amides is 1. The second-order valence-electron chi connectivity index (χ2n) is 5.04. The first kappa shape index (κ1) is 18.5. The maximum Gasteiger partial charge on any atom is 0.337 e. The molecule has 7 heteroatoms. The normalized spacial score (nSPS) is 10.0. The van der Waals surface area contributed by atoms with Gasteiger partial charge >= 0.3 is 11.9 Å². The van der Waals surface area contributed by atoms with Gasteiger partial charge in [-0.1, -0.05) is 29.8 Å². The molecule has 1 amide bonds. The Hall–Kier alpha value is -2.86. The molecule has 0 bridgehead atoms. The average Bonchev–Trinajstić information content (AvgIpc) is 2.64. The molecule has 2 aromatic carbocycles. The quantitative estimate of drug-likeness (QED) is 0.800. The molecule has 0 saturated carbocycles. The zero-order valence-corrected chi connectivity index (χ0v) is 14.2. The van der Waals surface area contributed by atoms with E-state index in [-0.39, 0.29) is 13.2 Å². The standard InChI is InChI=1S/C18H16ClNO5/c1-24-18(23)13-7-5-12(6-8-13)11-25-16(21)10-20-17(22)14-3-2-4-15(19)9-14/h2-9H,10-11H2,1H3,(H,20,22). The molecule has 0 aliphatic rings. The van der Waals surface area contributed by atoms with E-state index in [1.54, 1.807) is 42.5 Å². The van der Waals surface area contributed by atoms with E-state index in [2.05, 4.69) is 10.1 Å². The Morgan fingerprint density at radius 1 is 1.04 bits per heavy atom. The number of ether oxygens (including phenoxy) is 2. The molecule has 0 fully saturated rings. The van der Waals surface area contributed by atoms with Gasteiger partial charge in [0.1, 0.15) is 13.2 Å². The number of methoxy groups -OCH3 is 1. The fourth-order valence-electron chi connectivity index (χ4n) is 1.95. The van der Waals surface area contributed by atoms with E-state index in [1.807, 2.05) is 0 Å². The van der Waals surface area contributed by atoms with Crippen LogP contribution in [0, 0.1) is 0 Å². The van der Waals surface area contributed by atoms with E-state index in [1.165, 1.54) is 13.2 Å². The van der Waals surface area contributed by atoms with Crippen LogP contribution in [0.3, 0.4) is 0 Å². The van der Waals surface area contributed by atoms with Crippen molar-refractivity contribution >= 4 is 29.4 Å². The summed E-state index contributed by atoms with van der Waals surface area (Å²) in [6.45, 7) is -0.223. The Bertz CT molecular complexity index is 773. The van der Waals surface area contributed by atoms with E-state index in [9.17, 15) is 14.4 Å². The third-order valence-corrected chi connectivity index (χ3v) is 3.49. The summed E-state index contributed by atoms with van der Waals surface area (Å²) < 4.78 is 9.67. The second-order valence-corrected chi connectivity index (χ2v) is 5.48. The van der Waals surface area contributed by atoms with Gasteiger partial charge in [-0.3, -0.25) is 9.59 Å². The SMILES string of the molecule is COC(=O)c1ccc(COC(=O)CNC(=O)c2cccc(Cl)c2)cc1. The molecule has 25 heavy (non-hydrogen) atoms. The summed E-state index contributed by atoms with van der Waals surface area (Å²) in [5.41, 5.74) is 1.48. The Morgan fingerprint density at radius 2 is 1.76 bits per heavy atom. The van der Waals surface area contributed by atoms with Gasteiger partial charge in [0.05, 0.1) is 12.7 Å². The Balaban J connectivity index is 1.79. The van der Waals surface area contributed by atoms with E-state index >= 15 is 0 Å². The van der Waals surface area contributed by atoms with Crippen molar-refractivity contribution in [3.8, 4) is 0 Å². The summed E-state index contributed by atoms with van der Waals surface area (Å²) in [7, 11) is 1.30. The summed E-state index contributed by atoms with van der Waals surface area (Å²) in [4.78, 5) is 34.9. The molecular weight excluding hydrogens is 346 g/mol. The molecule has 2 rings (SSSR count). The predicted octanol–water partition coefficient (Wildman–Crippen LogP) is 2.60. The third kappa shape index (κ3) is 5.61. The average molecular weight is 362 g/mol. The summed E-state index contributed by atoms with van der Waals surface area (Å²) in [5, 5.41) is 2.90. The molecule has 0 saturated heterocycles. The molecule has 0 aromatic heterocycles. The minimum absolute atomic E-state index is 0.0350. The summed E-state index contributed by atoms with van der Waals surface area (Å²) in [5.74, 6) is -1.43.